The van der Waals surface area contributed by atoms with Crippen LogP contribution in [0.25, 0.3) is 0 Å². The van der Waals surface area contributed by atoms with Gasteiger partial charge in [0.1, 0.15) is 6.61 Å². The van der Waals surface area contributed by atoms with Crippen LogP contribution in [0.5, 0.6) is 0 Å². The second-order valence-electron chi connectivity index (χ2n) is 4.33. The van der Waals surface area contributed by atoms with E-state index in [4.69, 9.17) is 22.1 Å². The molecule has 0 spiro atoms. The Kier molecular flexibility index (Phi) is 4.07. The summed E-state index contributed by atoms with van der Waals surface area (Å²) in [7, 11) is 0. The lowest BCUT2D eigenvalue weighted by Gasteiger charge is -2.06. The molecule has 98 valence electrons. The van der Waals surface area contributed by atoms with E-state index in [0.29, 0.717) is 16.3 Å². The third kappa shape index (κ3) is 3.73. The van der Waals surface area contributed by atoms with E-state index in [0.717, 1.165) is 11.1 Å². The zero-order chi connectivity index (χ0) is 13.8. The maximum absolute atomic E-state index is 11.9. The van der Waals surface area contributed by atoms with E-state index in [9.17, 15) is 4.79 Å². The molecule has 0 unspecified atom stereocenters. The highest BCUT2D eigenvalue weighted by atomic mass is 35.5. The van der Waals surface area contributed by atoms with Crippen molar-refractivity contribution in [1.29, 1.82) is 0 Å². The van der Waals surface area contributed by atoms with Crippen molar-refractivity contribution in [1.82, 2.24) is 0 Å². The summed E-state index contributed by atoms with van der Waals surface area (Å²) in [6.45, 7) is 2.09. The van der Waals surface area contributed by atoms with Crippen molar-refractivity contribution in [3.8, 4) is 0 Å². The normalized spacial score (nSPS) is 10.2. The molecular formula is C15H14ClNO2. The van der Waals surface area contributed by atoms with Gasteiger partial charge in [-0.2, -0.15) is 0 Å². The molecule has 4 heteroatoms. The Hall–Kier alpha value is -2.00. The number of nitrogen functional groups attached to an aromatic ring is 1. The molecule has 0 atom stereocenters. The standard InChI is InChI=1S/C15H14ClNO2/c1-10-6-12(8-14(17)7-10)15(18)19-9-11-2-4-13(16)5-3-11/h2-8H,9,17H2,1H3. The van der Waals surface area contributed by atoms with E-state index in [1.165, 1.54) is 0 Å². The fourth-order valence-corrected chi connectivity index (χ4v) is 1.87. The van der Waals surface area contributed by atoms with Crippen molar-refractivity contribution in [2.45, 2.75) is 13.5 Å². The van der Waals surface area contributed by atoms with Crippen LogP contribution in [0.1, 0.15) is 21.5 Å². The Morgan fingerprint density at radius 2 is 1.89 bits per heavy atom. The van der Waals surface area contributed by atoms with Gasteiger partial charge in [-0.25, -0.2) is 4.79 Å². The number of esters is 1. The lowest BCUT2D eigenvalue weighted by Crippen LogP contribution is -2.06. The molecule has 0 aromatic heterocycles. The van der Waals surface area contributed by atoms with Gasteiger partial charge in [-0.1, -0.05) is 23.7 Å². The van der Waals surface area contributed by atoms with E-state index in [2.05, 4.69) is 0 Å². The second-order valence-corrected chi connectivity index (χ2v) is 4.77. The first-order valence-corrected chi connectivity index (χ1v) is 6.21. The topological polar surface area (TPSA) is 52.3 Å². The third-order valence-corrected chi connectivity index (χ3v) is 2.87. The maximum atomic E-state index is 11.9. The van der Waals surface area contributed by atoms with Crippen LogP contribution in [0.4, 0.5) is 5.69 Å². The van der Waals surface area contributed by atoms with Crippen LogP contribution in [0, 0.1) is 6.92 Å². The average molecular weight is 276 g/mol. The summed E-state index contributed by atoms with van der Waals surface area (Å²) in [4.78, 5) is 11.9. The molecule has 0 radical (unpaired) electrons. The minimum Gasteiger partial charge on any atom is -0.457 e. The molecule has 0 aliphatic rings. The Balaban J connectivity index is 2.03. The molecule has 0 amide bonds. The molecule has 2 aromatic carbocycles. The number of hydrogen-bond donors (Lipinski definition) is 1. The van der Waals surface area contributed by atoms with Crippen LogP contribution in [0.3, 0.4) is 0 Å². The molecule has 0 fully saturated rings. The fraction of sp³-hybridized carbons (Fsp3) is 0.133. The summed E-state index contributed by atoms with van der Waals surface area (Å²) >= 11 is 5.78. The summed E-state index contributed by atoms with van der Waals surface area (Å²) < 4.78 is 5.23. The summed E-state index contributed by atoms with van der Waals surface area (Å²) in [6, 6.07) is 12.3. The van der Waals surface area contributed by atoms with Gasteiger partial charge in [0.05, 0.1) is 5.56 Å². The lowest BCUT2D eigenvalue weighted by atomic mass is 10.1. The van der Waals surface area contributed by atoms with Crippen LogP contribution in [0.15, 0.2) is 42.5 Å². The smallest absolute Gasteiger partial charge is 0.338 e. The third-order valence-electron chi connectivity index (χ3n) is 2.62. The Labute approximate surface area is 117 Å². The lowest BCUT2D eigenvalue weighted by molar-refractivity contribution is 0.0472. The largest absolute Gasteiger partial charge is 0.457 e. The van der Waals surface area contributed by atoms with Gasteiger partial charge >= 0.3 is 5.97 Å². The highest BCUT2D eigenvalue weighted by Crippen LogP contribution is 2.14. The molecule has 3 nitrogen and oxygen atoms in total. The van der Waals surface area contributed by atoms with Crippen molar-refractivity contribution < 1.29 is 9.53 Å². The summed E-state index contributed by atoms with van der Waals surface area (Å²) in [5, 5.41) is 0.654. The number of aryl methyl sites for hydroxylation is 1. The SMILES string of the molecule is Cc1cc(N)cc(C(=O)OCc2ccc(Cl)cc2)c1. The van der Waals surface area contributed by atoms with Crippen molar-refractivity contribution in [2.75, 3.05) is 5.73 Å². The number of anilines is 1. The molecule has 0 saturated carbocycles. The Bertz CT molecular complexity index is 573. The van der Waals surface area contributed by atoms with Crippen LogP contribution >= 0.6 is 11.6 Å². The number of nitrogens with two attached hydrogens (primary N) is 1. The minimum atomic E-state index is -0.384. The average Bonchev–Trinajstić information content (AvgIpc) is 2.36. The molecular weight excluding hydrogens is 262 g/mol. The summed E-state index contributed by atoms with van der Waals surface area (Å²) in [6.07, 6.45) is 0. The van der Waals surface area contributed by atoms with Gasteiger partial charge in [-0.3, -0.25) is 0 Å². The number of rotatable bonds is 3. The molecule has 0 saturated heterocycles. The van der Waals surface area contributed by atoms with Crippen molar-refractivity contribution in [3.63, 3.8) is 0 Å². The van der Waals surface area contributed by atoms with Gasteiger partial charge in [0, 0.05) is 10.7 Å². The first kappa shape index (κ1) is 13.4. The van der Waals surface area contributed by atoms with Gasteiger partial charge in [0.2, 0.25) is 0 Å². The van der Waals surface area contributed by atoms with Crippen LogP contribution in [-0.4, -0.2) is 5.97 Å². The second kappa shape index (κ2) is 5.76. The molecule has 2 aromatic rings. The highest BCUT2D eigenvalue weighted by molar-refractivity contribution is 6.30. The predicted molar refractivity (Wildman–Crippen MR) is 76.2 cm³/mol. The van der Waals surface area contributed by atoms with E-state index >= 15 is 0 Å². The Morgan fingerprint density at radius 1 is 1.21 bits per heavy atom. The predicted octanol–water partition coefficient (Wildman–Crippen LogP) is 3.59. The van der Waals surface area contributed by atoms with Crippen LogP contribution in [0.2, 0.25) is 5.02 Å². The van der Waals surface area contributed by atoms with Gasteiger partial charge in [0.25, 0.3) is 0 Å². The summed E-state index contributed by atoms with van der Waals surface area (Å²) in [5.41, 5.74) is 8.53. The monoisotopic (exact) mass is 275 g/mol. The highest BCUT2D eigenvalue weighted by Gasteiger charge is 2.08. The number of ether oxygens (including phenoxy) is 1. The number of halogens is 1. The van der Waals surface area contributed by atoms with Crippen LogP contribution in [-0.2, 0) is 11.3 Å². The van der Waals surface area contributed by atoms with Gasteiger partial charge in [-0.05, 0) is 48.4 Å². The molecule has 2 N–H and O–H groups in total. The van der Waals surface area contributed by atoms with Crippen molar-refractivity contribution in [2.24, 2.45) is 0 Å². The van der Waals surface area contributed by atoms with Gasteiger partial charge < -0.3 is 10.5 Å². The minimum absolute atomic E-state index is 0.212. The van der Waals surface area contributed by atoms with Crippen molar-refractivity contribution in [3.05, 3.63) is 64.2 Å². The molecule has 19 heavy (non-hydrogen) atoms. The number of hydrogen-bond acceptors (Lipinski definition) is 3. The number of carbonyl (C=O) groups is 1. The van der Waals surface area contributed by atoms with Gasteiger partial charge in [-0.15, -0.1) is 0 Å². The molecule has 2 rings (SSSR count). The fourth-order valence-electron chi connectivity index (χ4n) is 1.74. The first-order chi connectivity index (χ1) is 9.04. The Morgan fingerprint density at radius 3 is 2.53 bits per heavy atom. The molecule has 0 bridgehead atoms. The number of benzene rings is 2. The first-order valence-electron chi connectivity index (χ1n) is 5.83. The maximum Gasteiger partial charge on any atom is 0.338 e. The molecule has 0 aliphatic carbocycles. The van der Waals surface area contributed by atoms with Gasteiger partial charge in [0.15, 0.2) is 0 Å². The van der Waals surface area contributed by atoms with E-state index in [-0.39, 0.29) is 12.6 Å². The quantitative estimate of drug-likeness (QED) is 0.688. The van der Waals surface area contributed by atoms with Crippen LogP contribution < -0.4 is 5.73 Å². The number of carbonyl (C=O) groups excluding carboxylic acids is 1. The van der Waals surface area contributed by atoms with Crippen molar-refractivity contribution >= 4 is 23.3 Å². The molecule has 0 heterocycles. The molecule has 0 aliphatic heterocycles. The van der Waals surface area contributed by atoms with E-state index < -0.39 is 0 Å². The summed E-state index contributed by atoms with van der Waals surface area (Å²) in [5.74, 6) is -0.384. The zero-order valence-corrected chi connectivity index (χ0v) is 11.3. The zero-order valence-electron chi connectivity index (χ0n) is 10.5. The van der Waals surface area contributed by atoms with E-state index in [1.54, 1.807) is 30.3 Å². The van der Waals surface area contributed by atoms with E-state index in [1.807, 2.05) is 19.1 Å².